The summed E-state index contributed by atoms with van der Waals surface area (Å²) in [5.41, 5.74) is 0. The second kappa shape index (κ2) is 5.99. The van der Waals surface area contributed by atoms with Crippen LogP contribution < -0.4 is 5.32 Å². The number of amides is 2. The normalized spacial score (nSPS) is 29.6. The zero-order valence-corrected chi connectivity index (χ0v) is 12.5. The summed E-state index contributed by atoms with van der Waals surface area (Å²) in [6.45, 7) is 8.22. The summed E-state index contributed by atoms with van der Waals surface area (Å²) >= 11 is 0. The van der Waals surface area contributed by atoms with Crippen molar-refractivity contribution in [1.29, 1.82) is 0 Å². The molecule has 20 heavy (non-hydrogen) atoms. The maximum Gasteiger partial charge on any atom is 0.317 e. The van der Waals surface area contributed by atoms with Gasteiger partial charge in [0.25, 0.3) is 0 Å². The SMILES string of the molecule is CC(NC(=O)N1CC2CCCN2CC1C)C(C)C(=O)O. The van der Waals surface area contributed by atoms with Crippen LogP contribution in [0.4, 0.5) is 4.79 Å². The van der Waals surface area contributed by atoms with E-state index in [0.29, 0.717) is 6.04 Å². The highest BCUT2D eigenvalue weighted by atomic mass is 16.4. The maximum atomic E-state index is 12.3. The summed E-state index contributed by atoms with van der Waals surface area (Å²) in [7, 11) is 0. The van der Waals surface area contributed by atoms with Crippen molar-refractivity contribution in [3.05, 3.63) is 0 Å². The molecule has 0 aromatic heterocycles. The Morgan fingerprint density at radius 1 is 1.30 bits per heavy atom. The van der Waals surface area contributed by atoms with E-state index in [9.17, 15) is 9.59 Å². The monoisotopic (exact) mass is 283 g/mol. The van der Waals surface area contributed by atoms with Crippen LogP contribution in [-0.2, 0) is 4.79 Å². The minimum Gasteiger partial charge on any atom is -0.481 e. The lowest BCUT2D eigenvalue weighted by Crippen LogP contribution is -2.60. The van der Waals surface area contributed by atoms with Crippen molar-refractivity contribution in [2.24, 2.45) is 5.92 Å². The van der Waals surface area contributed by atoms with Crippen LogP contribution in [0.25, 0.3) is 0 Å². The molecule has 0 aliphatic carbocycles. The van der Waals surface area contributed by atoms with E-state index in [1.807, 2.05) is 4.90 Å². The highest BCUT2D eigenvalue weighted by Crippen LogP contribution is 2.24. The zero-order chi connectivity index (χ0) is 14.9. The van der Waals surface area contributed by atoms with Gasteiger partial charge in [-0.05, 0) is 40.2 Å². The molecule has 4 unspecified atom stereocenters. The number of nitrogens with zero attached hydrogens (tertiary/aromatic N) is 2. The Morgan fingerprint density at radius 3 is 2.65 bits per heavy atom. The summed E-state index contributed by atoms with van der Waals surface area (Å²) in [5.74, 6) is -1.46. The van der Waals surface area contributed by atoms with Gasteiger partial charge in [0.1, 0.15) is 0 Å². The lowest BCUT2D eigenvalue weighted by atomic mass is 10.0. The molecule has 6 heteroatoms. The van der Waals surface area contributed by atoms with Crippen LogP contribution in [-0.4, -0.2) is 64.7 Å². The molecule has 0 saturated carbocycles. The van der Waals surface area contributed by atoms with Gasteiger partial charge in [-0.2, -0.15) is 0 Å². The fourth-order valence-electron chi connectivity index (χ4n) is 3.09. The molecule has 0 aromatic rings. The molecule has 2 aliphatic rings. The van der Waals surface area contributed by atoms with Crippen LogP contribution in [0.2, 0.25) is 0 Å². The summed E-state index contributed by atoms with van der Waals surface area (Å²) in [6.07, 6.45) is 2.36. The predicted molar refractivity (Wildman–Crippen MR) is 75.6 cm³/mol. The number of aliphatic carboxylic acids is 1. The third kappa shape index (κ3) is 3.06. The van der Waals surface area contributed by atoms with E-state index in [4.69, 9.17) is 5.11 Å². The van der Waals surface area contributed by atoms with Gasteiger partial charge in [0.05, 0.1) is 5.92 Å². The van der Waals surface area contributed by atoms with Crippen molar-refractivity contribution in [2.75, 3.05) is 19.6 Å². The average molecular weight is 283 g/mol. The minimum absolute atomic E-state index is 0.135. The predicted octanol–water partition coefficient (Wildman–Crippen LogP) is 0.974. The van der Waals surface area contributed by atoms with E-state index in [0.717, 1.165) is 26.1 Å². The fourth-order valence-corrected chi connectivity index (χ4v) is 3.09. The molecule has 2 fully saturated rings. The Bertz CT molecular complexity index is 388. The maximum absolute atomic E-state index is 12.3. The van der Waals surface area contributed by atoms with Crippen LogP contribution >= 0.6 is 0 Å². The lowest BCUT2D eigenvalue weighted by molar-refractivity contribution is -0.141. The number of piperazine rings is 1. The van der Waals surface area contributed by atoms with Gasteiger partial charge in [0.15, 0.2) is 0 Å². The third-order valence-electron chi connectivity index (χ3n) is 4.69. The molecule has 2 heterocycles. The Hall–Kier alpha value is -1.30. The van der Waals surface area contributed by atoms with Crippen molar-refractivity contribution in [3.63, 3.8) is 0 Å². The summed E-state index contributed by atoms with van der Waals surface area (Å²) < 4.78 is 0. The van der Waals surface area contributed by atoms with E-state index >= 15 is 0 Å². The van der Waals surface area contributed by atoms with E-state index in [1.165, 1.54) is 6.42 Å². The number of rotatable bonds is 3. The summed E-state index contributed by atoms with van der Waals surface area (Å²) in [6, 6.07) is 0.152. The lowest BCUT2D eigenvalue weighted by Gasteiger charge is -2.42. The quantitative estimate of drug-likeness (QED) is 0.809. The Morgan fingerprint density at radius 2 is 2.00 bits per heavy atom. The molecule has 114 valence electrons. The molecule has 0 aromatic carbocycles. The zero-order valence-electron chi connectivity index (χ0n) is 12.5. The number of hydrogen-bond donors (Lipinski definition) is 2. The third-order valence-corrected chi connectivity index (χ3v) is 4.69. The molecule has 2 aliphatic heterocycles. The number of urea groups is 1. The largest absolute Gasteiger partial charge is 0.481 e. The molecular weight excluding hydrogens is 258 g/mol. The van der Waals surface area contributed by atoms with Gasteiger partial charge in [-0.3, -0.25) is 9.69 Å². The van der Waals surface area contributed by atoms with E-state index in [-0.39, 0.29) is 18.1 Å². The number of carbonyl (C=O) groups is 2. The molecule has 6 nitrogen and oxygen atoms in total. The number of carboxylic acid groups (broad SMARTS) is 1. The Balaban J connectivity index is 1.93. The smallest absolute Gasteiger partial charge is 0.317 e. The molecule has 0 bridgehead atoms. The van der Waals surface area contributed by atoms with Crippen molar-refractivity contribution in [1.82, 2.24) is 15.1 Å². The van der Waals surface area contributed by atoms with Crippen LogP contribution in [0.1, 0.15) is 33.6 Å². The molecule has 2 rings (SSSR count). The van der Waals surface area contributed by atoms with Crippen molar-refractivity contribution in [2.45, 2.75) is 51.7 Å². The number of carbonyl (C=O) groups excluding carboxylic acids is 1. The second-order valence-corrected chi connectivity index (χ2v) is 6.16. The van der Waals surface area contributed by atoms with Gasteiger partial charge in [-0.1, -0.05) is 0 Å². The van der Waals surface area contributed by atoms with E-state index < -0.39 is 11.9 Å². The molecule has 2 amide bonds. The van der Waals surface area contributed by atoms with Gasteiger partial charge in [0.2, 0.25) is 0 Å². The number of nitrogens with one attached hydrogen (secondary N) is 1. The Kier molecular flexibility index (Phi) is 4.52. The van der Waals surface area contributed by atoms with Crippen LogP contribution in [0.3, 0.4) is 0 Å². The molecule has 0 spiro atoms. The van der Waals surface area contributed by atoms with Crippen molar-refractivity contribution in [3.8, 4) is 0 Å². The van der Waals surface area contributed by atoms with Crippen LogP contribution in [0.15, 0.2) is 0 Å². The van der Waals surface area contributed by atoms with E-state index in [1.54, 1.807) is 13.8 Å². The first-order valence-corrected chi connectivity index (χ1v) is 7.44. The highest BCUT2D eigenvalue weighted by Gasteiger charge is 2.37. The summed E-state index contributed by atoms with van der Waals surface area (Å²) in [5, 5.41) is 11.8. The van der Waals surface area contributed by atoms with Crippen LogP contribution in [0.5, 0.6) is 0 Å². The van der Waals surface area contributed by atoms with Crippen molar-refractivity contribution < 1.29 is 14.7 Å². The summed E-state index contributed by atoms with van der Waals surface area (Å²) in [4.78, 5) is 27.6. The number of fused-ring (bicyclic) bond motifs is 1. The molecule has 4 atom stereocenters. The molecular formula is C14H25N3O3. The van der Waals surface area contributed by atoms with E-state index in [2.05, 4.69) is 17.1 Å². The van der Waals surface area contributed by atoms with Gasteiger partial charge in [0, 0.05) is 31.2 Å². The van der Waals surface area contributed by atoms with Gasteiger partial charge < -0.3 is 15.3 Å². The second-order valence-electron chi connectivity index (χ2n) is 6.16. The first-order chi connectivity index (χ1) is 9.40. The highest BCUT2D eigenvalue weighted by molar-refractivity contribution is 5.77. The standard InChI is InChI=1S/C14H25N3O3/c1-9-7-16-6-4-5-12(16)8-17(9)14(20)15-11(3)10(2)13(18)19/h9-12H,4-8H2,1-3H3,(H,15,20)(H,18,19). The number of carboxylic acids is 1. The number of hydrogen-bond acceptors (Lipinski definition) is 3. The topological polar surface area (TPSA) is 72.9 Å². The van der Waals surface area contributed by atoms with Gasteiger partial charge in [-0.25, -0.2) is 4.79 Å². The van der Waals surface area contributed by atoms with Crippen LogP contribution in [0, 0.1) is 5.92 Å². The van der Waals surface area contributed by atoms with Gasteiger partial charge in [-0.15, -0.1) is 0 Å². The van der Waals surface area contributed by atoms with Crippen molar-refractivity contribution >= 4 is 12.0 Å². The first-order valence-electron chi connectivity index (χ1n) is 7.44. The average Bonchev–Trinajstić information content (AvgIpc) is 2.83. The molecule has 2 N–H and O–H groups in total. The minimum atomic E-state index is -0.883. The molecule has 2 saturated heterocycles. The Labute approximate surface area is 120 Å². The van der Waals surface area contributed by atoms with Gasteiger partial charge >= 0.3 is 12.0 Å². The fraction of sp³-hybridized carbons (Fsp3) is 0.857. The first kappa shape index (κ1) is 15.1. The molecule has 0 radical (unpaired) electrons.